The van der Waals surface area contributed by atoms with Gasteiger partial charge in [-0.05, 0) is 48.7 Å². The maximum atomic E-state index is 12.0. The van der Waals surface area contributed by atoms with E-state index in [4.69, 9.17) is 15.2 Å². The zero-order valence-corrected chi connectivity index (χ0v) is 20.5. The molecule has 0 aliphatic rings. The lowest BCUT2D eigenvalue weighted by Gasteiger charge is -2.16. The Balaban J connectivity index is 1.60. The summed E-state index contributed by atoms with van der Waals surface area (Å²) in [7, 11) is 1.37. The molecule has 0 amide bonds. The van der Waals surface area contributed by atoms with Crippen molar-refractivity contribution in [2.75, 3.05) is 7.11 Å². The Hall–Kier alpha value is -3.62. The molecule has 1 aromatic heterocycles. The van der Waals surface area contributed by atoms with Crippen molar-refractivity contribution < 1.29 is 14.3 Å². The van der Waals surface area contributed by atoms with E-state index in [0.717, 1.165) is 22.6 Å². The van der Waals surface area contributed by atoms with Gasteiger partial charge < -0.3 is 15.2 Å². The Morgan fingerprint density at radius 1 is 0.943 bits per heavy atom. The van der Waals surface area contributed by atoms with Gasteiger partial charge >= 0.3 is 5.97 Å². The summed E-state index contributed by atoms with van der Waals surface area (Å²) in [5.41, 5.74) is 9.63. The molecule has 0 bridgehead atoms. The van der Waals surface area contributed by atoms with E-state index in [-0.39, 0.29) is 12.0 Å². The molecule has 0 spiro atoms. The summed E-state index contributed by atoms with van der Waals surface area (Å²) in [5.74, 6) is 1.04. The molecule has 0 saturated carbocycles. The molecule has 8 heteroatoms. The number of methoxy groups -OCH3 is 1. The van der Waals surface area contributed by atoms with Crippen molar-refractivity contribution in [1.29, 1.82) is 0 Å². The molecule has 4 aromatic rings. The number of ether oxygens (including phenoxy) is 2. The summed E-state index contributed by atoms with van der Waals surface area (Å²) in [6.45, 7) is 2.26. The van der Waals surface area contributed by atoms with Crippen LogP contribution in [0.5, 0.6) is 5.75 Å². The number of aromatic nitrogens is 3. The van der Waals surface area contributed by atoms with Gasteiger partial charge in [-0.3, -0.25) is 9.36 Å². The van der Waals surface area contributed by atoms with Crippen LogP contribution in [0.15, 0.2) is 90.1 Å². The first kappa shape index (κ1) is 24.5. The van der Waals surface area contributed by atoms with Gasteiger partial charge in [0.2, 0.25) is 0 Å². The van der Waals surface area contributed by atoms with Crippen LogP contribution in [0, 0.1) is 0 Å². The van der Waals surface area contributed by atoms with Crippen LogP contribution in [-0.4, -0.2) is 33.1 Å². The van der Waals surface area contributed by atoms with Crippen LogP contribution in [0.4, 0.5) is 0 Å². The molecule has 0 aliphatic carbocycles. The summed E-state index contributed by atoms with van der Waals surface area (Å²) < 4.78 is 12.7. The molecule has 0 aliphatic heterocycles. The maximum Gasteiger partial charge on any atom is 0.318 e. The van der Waals surface area contributed by atoms with Gasteiger partial charge in [-0.1, -0.05) is 72.4 Å². The number of nitrogens with zero attached hydrogens (tertiary/aromatic N) is 3. The van der Waals surface area contributed by atoms with Crippen LogP contribution < -0.4 is 10.5 Å². The Morgan fingerprint density at radius 2 is 1.57 bits per heavy atom. The van der Waals surface area contributed by atoms with Gasteiger partial charge in [0.05, 0.1) is 13.2 Å². The van der Waals surface area contributed by atoms with Crippen LogP contribution >= 0.6 is 11.8 Å². The van der Waals surface area contributed by atoms with Crippen molar-refractivity contribution in [1.82, 2.24) is 14.8 Å². The Morgan fingerprint density at radius 3 is 2.20 bits per heavy atom. The quantitative estimate of drug-likeness (QED) is 0.255. The second kappa shape index (κ2) is 11.7. The summed E-state index contributed by atoms with van der Waals surface area (Å²) in [5, 5.41) is 8.90. The van der Waals surface area contributed by atoms with E-state index in [1.54, 1.807) is 6.92 Å². The minimum atomic E-state index is -0.449. The fraction of sp³-hybridized carbons (Fsp3) is 0.222. The van der Waals surface area contributed by atoms with Crippen LogP contribution in [0.2, 0.25) is 0 Å². The lowest BCUT2D eigenvalue weighted by atomic mass is 10.1. The van der Waals surface area contributed by atoms with E-state index in [0.29, 0.717) is 24.0 Å². The van der Waals surface area contributed by atoms with E-state index in [9.17, 15) is 4.79 Å². The van der Waals surface area contributed by atoms with Crippen LogP contribution in [-0.2, 0) is 22.6 Å². The van der Waals surface area contributed by atoms with E-state index in [2.05, 4.69) is 10.2 Å². The van der Waals surface area contributed by atoms with E-state index in [1.165, 1.54) is 18.9 Å². The number of rotatable bonds is 10. The van der Waals surface area contributed by atoms with Crippen molar-refractivity contribution in [3.8, 4) is 11.4 Å². The smallest absolute Gasteiger partial charge is 0.318 e. The van der Waals surface area contributed by atoms with Crippen molar-refractivity contribution in [2.45, 2.75) is 36.4 Å². The fourth-order valence-corrected chi connectivity index (χ4v) is 4.51. The van der Waals surface area contributed by atoms with Gasteiger partial charge in [0.25, 0.3) is 0 Å². The number of carbonyl (C=O) groups is 1. The molecular formula is C27H28N4O3S. The molecule has 3 aromatic carbocycles. The molecule has 2 N–H and O–H groups in total. The molecule has 35 heavy (non-hydrogen) atoms. The highest BCUT2D eigenvalue weighted by Crippen LogP contribution is 2.29. The maximum absolute atomic E-state index is 12.0. The number of esters is 1. The highest BCUT2D eigenvalue weighted by atomic mass is 32.2. The zero-order chi connectivity index (χ0) is 24.6. The third-order valence-electron chi connectivity index (χ3n) is 5.45. The zero-order valence-electron chi connectivity index (χ0n) is 19.7. The monoisotopic (exact) mass is 488 g/mol. The summed E-state index contributed by atoms with van der Waals surface area (Å²) in [4.78, 5) is 12.0. The largest absolute Gasteiger partial charge is 0.489 e. The number of benzene rings is 3. The minimum absolute atomic E-state index is 0.329. The second-order valence-electron chi connectivity index (χ2n) is 8.02. The second-order valence-corrected chi connectivity index (χ2v) is 9.33. The predicted octanol–water partition coefficient (Wildman–Crippen LogP) is 4.74. The standard InChI is InChI=1S/C27H28N4O3S/c1-19(26(32)33-2)35-27-30-29-25(24(28)17-20-9-5-3-6-10-20)31(27)22-13-15-23(16-14-22)34-18-21-11-7-4-8-12-21/h3-16,19,24H,17-18,28H2,1-2H3/t19?,24-/m0/s1. The number of thioether (sulfide) groups is 1. The minimum Gasteiger partial charge on any atom is -0.489 e. The van der Waals surface area contributed by atoms with Crippen LogP contribution in [0.25, 0.3) is 5.69 Å². The highest BCUT2D eigenvalue weighted by Gasteiger charge is 2.24. The highest BCUT2D eigenvalue weighted by molar-refractivity contribution is 8.00. The molecule has 180 valence electrons. The third kappa shape index (κ3) is 6.29. The summed E-state index contributed by atoms with van der Waals surface area (Å²) in [6.07, 6.45) is 0.606. The number of nitrogens with two attached hydrogens (primary N) is 1. The summed E-state index contributed by atoms with van der Waals surface area (Å²) >= 11 is 1.28. The number of carbonyl (C=O) groups excluding carboxylic acids is 1. The number of hydrogen-bond acceptors (Lipinski definition) is 7. The van der Waals surface area contributed by atoms with Gasteiger partial charge in [0, 0.05) is 5.69 Å². The number of hydrogen-bond donors (Lipinski definition) is 1. The van der Waals surface area contributed by atoms with E-state index in [1.807, 2.05) is 89.5 Å². The Bertz CT molecular complexity index is 1230. The molecular weight excluding hydrogens is 460 g/mol. The van der Waals surface area contributed by atoms with Crippen molar-refractivity contribution in [3.05, 3.63) is 102 Å². The first-order valence-electron chi connectivity index (χ1n) is 11.3. The van der Waals surface area contributed by atoms with Gasteiger partial charge in [-0.25, -0.2) is 0 Å². The molecule has 2 atom stereocenters. The fourth-order valence-electron chi connectivity index (χ4n) is 3.60. The molecule has 4 rings (SSSR count). The molecule has 1 heterocycles. The average Bonchev–Trinajstić information content (AvgIpc) is 3.32. The topological polar surface area (TPSA) is 92.3 Å². The normalized spacial score (nSPS) is 12.7. The van der Waals surface area contributed by atoms with Gasteiger partial charge in [0.1, 0.15) is 17.6 Å². The predicted molar refractivity (Wildman–Crippen MR) is 137 cm³/mol. The third-order valence-corrected chi connectivity index (χ3v) is 6.47. The van der Waals surface area contributed by atoms with Gasteiger partial charge in [-0.15, -0.1) is 10.2 Å². The van der Waals surface area contributed by atoms with E-state index < -0.39 is 5.25 Å². The first-order chi connectivity index (χ1) is 17.0. The molecule has 0 saturated heterocycles. The Labute approximate surface area is 209 Å². The summed E-state index contributed by atoms with van der Waals surface area (Å²) in [6, 6.07) is 27.3. The molecule has 1 unspecified atom stereocenters. The molecule has 0 radical (unpaired) electrons. The Kier molecular flexibility index (Phi) is 8.18. The van der Waals surface area contributed by atoms with Crippen molar-refractivity contribution in [2.24, 2.45) is 5.73 Å². The van der Waals surface area contributed by atoms with Crippen LogP contribution in [0.3, 0.4) is 0 Å². The van der Waals surface area contributed by atoms with Gasteiger partial charge in [-0.2, -0.15) is 0 Å². The van der Waals surface area contributed by atoms with Crippen LogP contribution in [0.1, 0.15) is 29.9 Å². The lowest BCUT2D eigenvalue weighted by Crippen LogP contribution is -2.19. The van der Waals surface area contributed by atoms with Crippen molar-refractivity contribution in [3.63, 3.8) is 0 Å². The van der Waals surface area contributed by atoms with Gasteiger partial charge in [0.15, 0.2) is 11.0 Å². The first-order valence-corrected chi connectivity index (χ1v) is 12.2. The SMILES string of the molecule is COC(=O)C(C)Sc1nnc([C@@H](N)Cc2ccccc2)n1-c1ccc(OCc2ccccc2)cc1. The lowest BCUT2D eigenvalue weighted by molar-refractivity contribution is -0.139. The van der Waals surface area contributed by atoms with E-state index >= 15 is 0 Å². The molecule has 0 fully saturated rings. The molecule has 7 nitrogen and oxygen atoms in total. The average molecular weight is 489 g/mol. The van der Waals surface area contributed by atoms with Crippen molar-refractivity contribution >= 4 is 17.7 Å².